The number of para-hydroxylation sites is 2. The number of ether oxygens (including phenoxy) is 1. The number of H-pyrrole nitrogens is 1. The van der Waals surface area contributed by atoms with E-state index < -0.39 is 18.1 Å². The second-order valence-corrected chi connectivity index (χ2v) is 7.61. The van der Waals surface area contributed by atoms with Gasteiger partial charge in [-0.1, -0.05) is 30.3 Å². The minimum absolute atomic E-state index is 0.131. The van der Waals surface area contributed by atoms with E-state index in [0.29, 0.717) is 17.4 Å². The Kier molecular flexibility index (Phi) is 5.09. The van der Waals surface area contributed by atoms with E-state index >= 15 is 0 Å². The quantitative estimate of drug-likeness (QED) is 0.514. The van der Waals surface area contributed by atoms with Crippen LogP contribution in [0.1, 0.15) is 15.4 Å². The Hall–Kier alpha value is -3.52. The molecule has 2 aromatic heterocycles. The van der Waals surface area contributed by atoms with E-state index in [1.807, 2.05) is 24.3 Å². The molecule has 4 aromatic rings. The summed E-state index contributed by atoms with van der Waals surface area (Å²) >= 11 is 1.52. The predicted octanol–water partition coefficient (Wildman–Crippen LogP) is 2.95. The van der Waals surface area contributed by atoms with Crippen LogP contribution in [0.25, 0.3) is 21.1 Å². The van der Waals surface area contributed by atoms with Crippen molar-refractivity contribution in [3.63, 3.8) is 0 Å². The molecule has 0 saturated carbocycles. The zero-order valence-electron chi connectivity index (χ0n) is 15.5. The maximum absolute atomic E-state index is 12.5. The molecule has 2 aromatic carbocycles. The van der Waals surface area contributed by atoms with E-state index in [1.54, 1.807) is 31.3 Å². The highest BCUT2D eigenvalue weighted by Crippen LogP contribution is 2.22. The summed E-state index contributed by atoms with van der Waals surface area (Å²) in [7, 11) is 1.63. The molecule has 0 bridgehead atoms. The molecule has 7 nitrogen and oxygen atoms in total. The van der Waals surface area contributed by atoms with Gasteiger partial charge in [-0.25, -0.2) is 9.78 Å². The Labute approximate surface area is 169 Å². The molecule has 0 spiro atoms. The number of amides is 1. The van der Waals surface area contributed by atoms with Gasteiger partial charge in [0.2, 0.25) is 5.56 Å². The van der Waals surface area contributed by atoms with Crippen LogP contribution in [0, 0.1) is 0 Å². The number of hydrogen-bond donors (Lipinski definition) is 1. The van der Waals surface area contributed by atoms with Crippen LogP contribution in [0.15, 0.2) is 59.4 Å². The monoisotopic (exact) mass is 407 g/mol. The van der Waals surface area contributed by atoms with Gasteiger partial charge >= 0.3 is 5.97 Å². The third kappa shape index (κ3) is 4.02. The molecule has 0 unspecified atom stereocenters. The highest BCUT2D eigenvalue weighted by atomic mass is 32.1. The molecule has 1 N–H and O–H groups in total. The number of carbonyl (C=O) groups is 2. The number of benzene rings is 2. The lowest BCUT2D eigenvalue weighted by atomic mass is 10.1. The van der Waals surface area contributed by atoms with Crippen molar-refractivity contribution in [2.75, 3.05) is 13.7 Å². The zero-order chi connectivity index (χ0) is 20.4. The second kappa shape index (κ2) is 7.84. The zero-order valence-corrected chi connectivity index (χ0v) is 16.4. The topological polar surface area (TPSA) is 92.4 Å². The number of aromatic amines is 1. The number of hydrogen-bond acceptors (Lipinski definition) is 6. The molecular weight excluding hydrogens is 390 g/mol. The van der Waals surface area contributed by atoms with Crippen molar-refractivity contribution in [1.29, 1.82) is 0 Å². The summed E-state index contributed by atoms with van der Waals surface area (Å²) in [5, 5.41) is 1.36. The fourth-order valence-corrected chi connectivity index (χ4v) is 3.99. The molecule has 0 aliphatic rings. The van der Waals surface area contributed by atoms with Gasteiger partial charge in [0, 0.05) is 24.0 Å². The number of pyridine rings is 1. The number of aromatic nitrogens is 2. The minimum atomic E-state index is -0.714. The molecule has 2 heterocycles. The van der Waals surface area contributed by atoms with Crippen molar-refractivity contribution < 1.29 is 14.3 Å². The molecule has 4 rings (SSSR count). The summed E-state index contributed by atoms with van der Waals surface area (Å²) < 4.78 is 6.22. The van der Waals surface area contributed by atoms with Crippen molar-refractivity contribution >= 4 is 44.3 Å². The summed E-state index contributed by atoms with van der Waals surface area (Å²) in [6.07, 6.45) is 0. The lowest BCUT2D eigenvalue weighted by Gasteiger charge is -2.15. The highest BCUT2D eigenvalue weighted by molar-refractivity contribution is 7.18. The van der Waals surface area contributed by atoms with Crippen LogP contribution in [0.4, 0.5) is 0 Å². The summed E-state index contributed by atoms with van der Waals surface area (Å²) in [6, 6.07) is 15.9. The number of rotatable bonds is 5. The Balaban J connectivity index is 1.42. The van der Waals surface area contributed by atoms with Crippen LogP contribution < -0.4 is 5.56 Å². The fraction of sp³-hybridized carbons (Fsp3) is 0.143. The molecule has 0 aliphatic heterocycles. The molecule has 29 heavy (non-hydrogen) atoms. The number of nitrogens with zero attached hydrogens (tertiary/aromatic N) is 2. The van der Waals surface area contributed by atoms with Gasteiger partial charge in [-0.15, -0.1) is 11.3 Å². The SMILES string of the molecule is CN(Cc1nc2ccccc2s1)C(=O)COC(=O)c1cc(=O)[nH]c2ccccc12. The Morgan fingerprint density at radius 2 is 1.90 bits per heavy atom. The third-order valence-corrected chi connectivity index (χ3v) is 5.45. The van der Waals surface area contributed by atoms with Crippen molar-refractivity contribution in [1.82, 2.24) is 14.9 Å². The molecule has 0 atom stereocenters. The fourth-order valence-electron chi connectivity index (χ4n) is 2.97. The number of likely N-dealkylation sites (N-methyl/N-ethyl adjacent to an activating group) is 1. The van der Waals surface area contributed by atoms with Gasteiger partial charge in [0.25, 0.3) is 5.91 Å². The first kappa shape index (κ1) is 18.8. The van der Waals surface area contributed by atoms with E-state index in [4.69, 9.17) is 4.74 Å². The number of fused-ring (bicyclic) bond motifs is 2. The van der Waals surface area contributed by atoms with Crippen molar-refractivity contribution in [3.8, 4) is 0 Å². The predicted molar refractivity (Wildman–Crippen MR) is 111 cm³/mol. The molecule has 0 saturated heterocycles. The molecule has 0 fully saturated rings. The van der Waals surface area contributed by atoms with Crippen LogP contribution in [-0.4, -0.2) is 40.4 Å². The first-order valence-electron chi connectivity index (χ1n) is 8.89. The number of esters is 1. The van der Waals surface area contributed by atoms with Gasteiger partial charge in [0.05, 0.1) is 22.3 Å². The van der Waals surface area contributed by atoms with Gasteiger partial charge in [-0.3, -0.25) is 9.59 Å². The van der Waals surface area contributed by atoms with E-state index in [2.05, 4.69) is 9.97 Å². The molecular formula is C21H17N3O4S. The molecule has 8 heteroatoms. The van der Waals surface area contributed by atoms with Gasteiger partial charge in [0.1, 0.15) is 5.01 Å². The molecule has 0 radical (unpaired) electrons. The third-order valence-electron chi connectivity index (χ3n) is 4.43. The number of thiazole rings is 1. The molecule has 146 valence electrons. The summed E-state index contributed by atoms with van der Waals surface area (Å²) in [6.45, 7) is -0.0922. The van der Waals surface area contributed by atoms with Crippen LogP contribution in [0.3, 0.4) is 0 Å². The lowest BCUT2D eigenvalue weighted by molar-refractivity contribution is -0.133. The Morgan fingerprint density at radius 3 is 2.72 bits per heavy atom. The first-order chi connectivity index (χ1) is 14.0. The smallest absolute Gasteiger partial charge is 0.339 e. The summed E-state index contributed by atoms with van der Waals surface area (Å²) in [4.78, 5) is 45.3. The average molecular weight is 407 g/mol. The van der Waals surface area contributed by atoms with Gasteiger partial charge in [0.15, 0.2) is 6.61 Å². The average Bonchev–Trinajstić information content (AvgIpc) is 3.13. The normalized spacial score (nSPS) is 10.9. The van der Waals surface area contributed by atoms with Gasteiger partial charge in [-0.05, 0) is 18.2 Å². The maximum Gasteiger partial charge on any atom is 0.339 e. The first-order valence-corrected chi connectivity index (χ1v) is 9.70. The van der Waals surface area contributed by atoms with E-state index in [9.17, 15) is 14.4 Å². The van der Waals surface area contributed by atoms with Crippen LogP contribution in [0.2, 0.25) is 0 Å². The largest absolute Gasteiger partial charge is 0.452 e. The van der Waals surface area contributed by atoms with Gasteiger partial charge in [-0.2, -0.15) is 0 Å². The maximum atomic E-state index is 12.5. The summed E-state index contributed by atoms with van der Waals surface area (Å²) in [5.41, 5.74) is 1.15. The summed E-state index contributed by atoms with van der Waals surface area (Å²) in [5.74, 6) is -1.07. The van der Waals surface area contributed by atoms with Crippen LogP contribution in [0.5, 0.6) is 0 Å². The Bertz CT molecular complexity index is 1240. The van der Waals surface area contributed by atoms with Crippen molar-refractivity contribution in [2.45, 2.75) is 6.54 Å². The van der Waals surface area contributed by atoms with E-state index in [-0.39, 0.29) is 11.5 Å². The van der Waals surface area contributed by atoms with E-state index in [1.165, 1.54) is 22.3 Å². The van der Waals surface area contributed by atoms with E-state index in [0.717, 1.165) is 15.2 Å². The Morgan fingerprint density at radius 1 is 1.14 bits per heavy atom. The molecule has 0 aliphatic carbocycles. The molecule has 1 amide bonds. The van der Waals surface area contributed by atoms with Crippen molar-refractivity contribution in [3.05, 3.63) is 75.5 Å². The second-order valence-electron chi connectivity index (χ2n) is 6.49. The van der Waals surface area contributed by atoms with Crippen molar-refractivity contribution in [2.24, 2.45) is 0 Å². The highest BCUT2D eigenvalue weighted by Gasteiger charge is 2.17. The van der Waals surface area contributed by atoms with Crippen LogP contribution in [-0.2, 0) is 16.1 Å². The standard InChI is InChI=1S/C21H17N3O4S/c1-24(11-19-23-16-8-4-5-9-17(16)29-19)20(26)12-28-21(27)14-10-18(25)22-15-7-3-2-6-13(14)15/h2-10H,11-12H2,1H3,(H,22,25). The number of nitrogens with one attached hydrogen (secondary N) is 1. The van der Waals surface area contributed by atoms with Gasteiger partial charge < -0.3 is 14.6 Å². The van der Waals surface area contributed by atoms with Crippen LogP contribution >= 0.6 is 11.3 Å². The minimum Gasteiger partial charge on any atom is -0.452 e. The number of carbonyl (C=O) groups excluding carboxylic acids is 2. The lowest BCUT2D eigenvalue weighted by Crippen LogP contribution is -2.31.